The number of nitrogen functional groups attached to an aromatic ring is 1. The van der Waals surface area contributed by atoms with E-state index in [1.54, 1.807) is 24.3 Å². The molecule has 2 unspecified atom stereocenters. The van der Waals surface area contributed by atoms with Gasteiger partial charge in [-0.05, 0) is 24.6 Å². The average Bonchev–Trinajstić information content (AvgIpc) is 3.14. The number of hydrogen-bond donors (Lipinski definition) is 2. The predicted molar refractivity (Wildman–Crippen MR) is 72.4 cm³/mol. The summed E-state index contributed by atoms with van der Waals surface area (Å²) in [5, 5.41) is 2.69. The molecule has 3 rings (SSSR count). The number of nitrogens with two attached hydrogens (primary N) is 1. The fraction of sp³-hybridized carbons (Fsp3) is 0.357. The van der Waals surface area contributed by atoms with Crippen molar-refractivity contribution in [3.8, 4) is 0 Å². The third-order valence-electron chi connectivity index (χ3n) is 3.69. The van der Waals surface area contributed by atoms with E-state index in [9.17, 15) is 14.4 Å². The molecule has 1 aromatic rings. The molecule has 1 heterocycles. The highest BCUT2D eigenvalue weighted by atomic mass is 16.2. The van der Waals surface area contributed by atoms with Gasteiger partial charge in [0.2, 0.25) is 17.7 Å². The van der Waals surface area contributed by atoms with Gasteiger partial charge in [0, 0.05) is 24.3 Å². The number of piperidine rings is 1. The van der Waals surface area contributed by atoms with Crippen molar-refractivity contribution in [3.63, 3.8) is 0 Å². The second-order valence-electron chi connectivity index (χ2n) is 5.20. The first-order chi connectivity index (χ1) is 9.56. The summed E-state index contributed by atoms with van der Waals surface area (Å²) >= 11 is 0. The Balaban J connectivity index is 1.53. The van der Waals surface area contributed by atoms with Crippen molar-refractivity contribution in [2.45, 2.75) is 12.8 Å². The average molecular weight is 273 g/mol. The maximum atomic E-state index is 11.8. The first kappa shape index (κ1) is 12.7. The van der Waals surface area contributed by atoms with Crippen LogP contribution in [-0.4, -0.2) is 29.2 Å². The van der Waals surface area contributed by atoms with Gasteiger partial charge in [-0.2, -0.15) is 0 Å². The minimum Gasteiger partial charge on any atom is -0.399 e. The maximum absolute atomic E-state index is 11.8. The van der Waals surface area contributed by atoms with Gasteiger partial charge in [-0.15, -0.1) is 0 Å². The number of nitrogens with zero attached hydrogens (tertiary/aromatic N) is 1. The van der Waals surface area contributed by atoms with Gasteiger partial charge < -0.3 is 11.1 Å². The minimum atomic E-state index is -0.239. The first-order valence-corrected chi connectivity index (χ1v) is 6.57. The highest BCUT2D eigenvalue weighted by molar-refractivity contribution is 6.09. The van der Waals surface area contributed by atoms with E-state index in [-0.39, 0.29) is 42.5 Å². The van der Waals surface area contributed by atoms with Crippen LogP contribution in [0.2, 0.25) is 0 Å². The molecule has 1 saturated heterocycles. The van der Waals surface area contributed by atoms with Gasteiger partial charge >= 0.3 is 0 Å². The Hall–Kier alpha value is -2.37. The van der Waals surface area contributed by atoms with E-state index in [4.69, 9.17) is 5.73 Å². The summed E-state index contributed by atoms with van der Waals surface area (Å²) in [4.78, 5) is 36.5. The Morgan fingerprint density at radius 3 is 2.65 bits per heavy atom. The van der Waals surface area contributed by atoms with E-state index >= 15 is 0 Å². The van der Waals surface area contributed by atoms with Crippen LogP contribution < -0.4 is 11.1 Å². The maximum Gasteiger partial charge on any atom is 0.233 e. The molecule has 6 heteroatoms. The highest BCUT2D eigenvalue weighted by Crippen LogP contribution is 2.46. The van der Waals surface area contributed by atoms with Crippen LogP contribution in [0.15, 0.2) is 24.3 Å². The van der Waals surface area contributed by atoms with Crippen molar-refractivity contribution < 1.29 is 14.4 Å². The number of carbonyl (C=O) groups is 3. The Bertz CT molecular complexity index is 579. The van der Waals surface area contributed by atoms with Crippen molar-refractivity contribution in [2.24, 2.45) is 11.8 Å². The Morgan fingerprint density at radius 2 is 2.00 bits per heavy atom. The molecule has 1 aliphatic carbocycles. The van der Waals surface area contributed by atoms with E-state index < -0.39 is 0 Å². The SMILES string of the molecule is Nc1cccc(NC(=O)CCN2C(=O)C3CC3C2=O)c1. The van der Waals surface area contributed by atoms with Crippen LogP contribution >= 0.6 is 0 Å². The molecular weight excluding hydrogens is 258 g/mol. The van der Waals surface area contributed by atoms with Crippen molar-refractivity contribution in [1.82, 2.24) is 4.90 Å². The monoisotopic (exact) mass is 273 g/mol. The van der Waals surface area contributed by atoms with Crippen LogP contribution in [-0.2, 0) is 14.4 Å². The van der Waals surface area contributed by atoms with Gasteiger partial charge in [-0.25, -0.2) is 0 Å². The normalized spacial score (nSPS) is 23.7. The molecule has 0 radical (unpaired) electrons. The summed E-state index contributed by atoms with van der Waals surface area (Å²) < 4.78 is 0. The molecule has 2 atom stereocenters. The minimum absolute atomic E-state index is 0.103. The molecule has 2 fully saturated rings. The molecule has 3 N–H and O–H groups in total. The molecule has 20 heavy (non-hydrogen) atoms. The summed E-state index contributed by atoms with van der Waals surface area (Å²) in [6, 6.07) is 6.85. The van der Waals surface area contributed by atoms with E-state index in [0.717, 1.165) is 0 Å². The molecule has 0 bridgehead atoms. The largest absolute Gasteiger partial charge is 0.399 e. The quantitative estimate of drug-likeness (QED) is 0.620. The van der Waals surface area contributed by atoms with Gasteiger partial charge in [0.15, 0.2) is 0 Å². The number of likely N-dealkylation sites (tertiary alicyclic amines) is 1. The summed E-state index contributed by atoms with van der Waals surface area (Å²) in [6.07, 6.45) is 0.787. The Labute approximate surface area is 115 Å². The fourth-order valence-corrected chi connectivity index (χ4v) is 2.52. The zero-order valence-electron chi connectivity index (χ0n) is 10.8. The molecule has 6 nitrogen and oxygen atoms in total. The highest BCUT2D eigenvalue weighted by Gasteiger charge is 2.58. The van der Waals surface area contributed by atoms with Gasteiger partial charge in [-0.1, -0.05) is 6.07 Å². The number of nitrogens with one attached hydrogen (secondary N) is 1. The van der Waals surface area contributed by atoms with Crippen LogP contribution in [0.3, 0.4) is 0 Å². The number of fused-ring (bicyclic) bond motifs is 1. The summed E-state index contributed by atoms with van der Waals surface area (Å²) in [5.41, 5.74) is 6.79. The predicted octanol–water partition coefficient (Wildman–Crippen LogP) is 0.602. The lowest BCUT2D eigenvalue weighted by atomic mass is 10.2. The Kier molecular flexibility index (Phi) is 2.93. The molecule has 104 valence electrons. The number of benzene rings is 1. The lowest BCUT2D eigenvalue weighted by Crippen LogP contribution is -2.35. The number of carbonyl (C=O) groups excluding carboxylic acids is 3. The summed E-state index contributed by atoms with van der Waals surface area (Å²) in [7, 11) is 0. The van der Waals surface area contributed by atoms with Crippen LogP contribution in [0, 0.1) is 11.8 Å². The van der Waals surface area contributed by atoms with Crippen LogP contribution in [0.4, 0.5) is 11.4 Å². The number of imide groups is 1. The van der Waals surface area contributed by atoms with Crippen LogP contribution in [0.1, 0.15) is 12.8 Å². The standard InChI is InChI=1S/C14H15N3O3/c15-8-2-1-3-9(6-8)16-12(18)4-5-17-13(19)10-7-11(10)14(17)20/h1-3,6,10-11H,4-5,7,15H2,(H,16,18). The van der Waals surface area contributed by atoms with Gasteiger partial charge in [0.1, 0.15) is 0 Å². The van der Waals surface area contributed by atoms with Gasteiger partial charge in [0.05, 0.1) is 11.8 Å². The Morgan fingerprint density at radius 1 is 1.30 bits per heavy atom. The molecule has 2 aliphatic rings. The number of rotatable bonds is 4. The zero-order valence-corrected chi connectivity index (χ0v) is 10.8. The molecule has 1 aromatic carbocycles. The first-order valence-electron chi connectivity index (χ1n) is 6.57. The number of amides is 3. The summed E-state index contributed by atoms with van der Waals surface area (Å²) in [6.45, 7) is 0.152. The van der Waals surface area contributed by atoms with Crippen molar-refractivity contribution in [3.05, 3.63) is 24.3 Å². The second-order valence-corrected chi connectivity index (χ2v) is 5.20. The zero-order chi connectivity index (χ0) is 14.3. The fourth-order valence-electron chi connectivity index (χ4n) is 2.52. The van der Waals surface area contributed by atoms with Crippen molar-refractivity contribution >= 4 is 29.1 Å². The summed E-state index contributed by atoms with van der Waals surface area (Å²) in [5.74, 6) is -0.718. The van der Waals surface area contributed by atoms with Gasteiger partial charge in [-0.3, -0.25) is 19.3 Å². The topological polar surface area (TPSA) is 92.5 Å². The second kappa shape index (κ2) is 4.63. The third-order valence-corrected chi connectivity index (χ3v) is 3.69. The van der Waals surface area contributed by atoms with Crippen molar-refractivity contribution in [1.29, 1.82) is 0 Å². The number of hydrogen-bond acceptors (Lipinski definition) is 4. The van der Waals surface area contributed by atoms with E-state index in [0.29, 0.717) is 17.8 Å². The smallest absolute Gasteiger partial charge is 0.233 e. The third kappa shape index (κ3) is 2.24. The van der Waals surface area contributed by atoms with Crippen molar-refractivity contribution in [2.75, 3.05) is 17.6 Å². The molecule has 0 aromatic heterocycles. The van der Waals surface area contributed by atoms with E-state index in [1.165, 1.54) is 4.90 Å². The molecular formula is C14H15N3O3. The lowest BCUT2D eigenvalue weighted by Gasteiger charge is -2.15. The lowest BCUT2D eigenvalue weighted by molar-refractivity contribution is -0.141. The van der Waals surface area contributed by atoms with E-state index in [2.05, 4.69) is 5.32 Å². The van der Waals surface area contributed by atoms with E-state index in [1.807, 2.05) is 0 Å². The number of anilines is 2. The molecule has 3 amide bonds. The molecule has 1 saturated carbocycles. The molecule has 0 spiro atoms. The molecule has 1 aliphatic heterocycles. The van der Waals surface area contributed by atoms with Crippen LogP contribution in [0.25, 0.3) is 0 Å². The van der Waals surface area contributed by atoms with Gasteiger partial charge in [0.25, 0.3) is 0 Å². The van der Waals surface area contributed by atoms with Crippen LogP contribution in [0.5, 0.6) is 0 Å².